The van der Waals surface area contributed by atoms with E-state index in [0.29, 0.717) is 5.84 Å². The van der Waals surface area contributed by atoms with Gasteiger partial charge in [0.25, 0.3) is 0 Å². The minimum Gasteiger partial charge on any atom is -0.387 e. The van der Waals surface area contributed by atoms with Crippen molar-refractivity contribution in [3.05, 3.63) is 35.9 Å². The van der Waals surface area contributed by atoms with E-state index in [0.717, 1.165) is 13.0 Å². The molecule has 0 fully saturated rings. The van der Waals surface area contributed by atoms with Gasteiger partial charge in [0, 0.05) is 13.0 Å². The fourth-order valence-corrected chi connectivity index (χ4v) is 1.06. The van der Waals surface area contributed by atoms with Gasteiger partial charge in [-0.3, -0.25) is 4.99 Å². The minimum absolute atomic E-state index is 0.712. The molecular weight excluding hydrogens is 148 g/mol. The number of aliphatic imine (C=N–C) groups is 1. The maximum absolute atomic E-state index is 5.67. The molecule has 0 spiro atoms. The van der Waals surface area contributed by atoms with Crippen molar-refractivity contribution in [2.24, 2.45) is 10.7 Å². The Morgan fingerprint density at radius 3 is 2.58 bits per heavy atom. The van der Waals surface area contributed by atoms with Crippen molar-refractivity contribution in [3.63, 3.8) is 0 Å². The first kappa shape index (κ1) is 8.78. The predicted octanol–water partition coefficient (Wildman–Crippen LogP) is 1.61. The van der Waals surface area contributed by atoms with Crippen LogP contribution in [-0.2, 0) is 6.42 Å². The highest BCUT2D eigenvalue weighted by molar-refractivity contribution is 5.82. The van der Waals surface area contributed by atoms with Crippen molar-refractivity contribution < 1.29 is 0 Å². The molecule has 0 amide bonds. The van der Waals surface area contributed by atoms with Gasteiger partial charge in [-0.15, -0.1) is 0 Å². The van der Waals surface area contributed by atoms with Crippen LogP contribution in [0.1, 0.15) is 12.5 Å². The van der Waals surface area contributed by atoms with Crippen LogP contribution in [0.2, 0.25) is 0 Å². The zero-order valence-electron chi connectivity index (χ0n) is 7.33. The Bertz CT molecular complexity index is 252. The highest BCUT2D eigenvalue weighted by atomic mass is 14.8. The van der Waals surface area contributed by atoms with E-state index in [9.17, 15) is 0 Å². The van der Waals surface area contributed by atoms with Gasteiger partial charge >= 0.3 is 0 Å². The van der Waals surface area contributed by atoms with Gasteiger partial charge in [0.15, 0.2) is 0 Å². The first-order valence-corrected chi connectivity index (χ1v) is 4.15. The van der Waals surface area contributed by atoms with Gasteiger partial charge in [-0.2, -0.15) is 0 Å². The predicted molar refractivity (Wildman–Crippen MR) is 52.3 cm³/mol. The van der Waals surface area contributed by atoms with Gasteiger partial charge in [0.05, 0.1) is 5.84 Å². The van der Waals surface area contributed by atoms with Crippen molar-refractivity contribution in [1.29, 1.82) is 0 Å². The maximum Gasteiger partial charge on any atom is 0.0981 e. The molecule has 2 nitrogen and oxygen atoms in total. The van der Waals surface area contributed by atoms with Gasteiger partial charge in [-0.1, -0.05) is 30.3 Å². The van der Waals surface area contributed by atoms with Gasteiger partial charge < -0.3 is 5.73 Å². The number of hydrogen-bond acceptors (Lipinski definition) is 1. The molecule has 64 valence electrons. The first-order chi connectivity index (χ1) is 5.83. The Morgan fingerprint density at radius 1 is 1.33 bits per heavy atom. The number of nitrogens with zero attached hydrogens (tertiary/aromatic N) is 1. The zero-order valence-corrected chi connectivity index (χ0v) is 7.33. The molecule has 1 rings (SSSR count). The standard InChI is InChI=1S/C10H14N2/c1-2-12-10(11)8-9-6-4-3-5-7-9/h3-7H,2,8H2,1H3,(H2,11,12). The molecule has 0 heterocycles. The summed E-state index contributed by atoms with van der Waals surface area (Å²) in [7, 11) is 0. The second-order valence-electron chi connectivity index (χ2n) is 2.63. The molecule has 0 bridgehead atoms. The van der Waals surface area contributed by atoms with E-state index in [1.165, 1.54) is 5.56 Å². The van der Waals surface area contributed by atoms with Gasteiger partial charge in [0.1, 0.15) is 0 Å². The molecule has 1 aromatic carbocycles. The Labute approximate surface area is 73.1 Å². The largest absolute Gasteiger partial charge is 0.387 e. The Morgan fingerprint density at radius 2 is 2.00 bits per heavy atom. The van der Waals surface area contributed by atoms with Gasteiger partial charge in [0.2, 0.25) is 0 Å². The Balaban J connectivity index is 2.58. The molecular formula is C10H14N2. The van der Waals surface area contributed by atoms with Crippen LogP contribution >= 0.6 is 0 Å². The zero-order chi connectivity index (χ0) is 8.81. The molecule has 2 N–H and O–H groups in total. The third-order valence-electron chi connectivity index (χ3n) is 1.59. The molecule has 0 aliphatic carbocycles. The average molecular weight is 162 g/mol. The Hall–Kier alpha value is -1.31. The summed E-state index contributed by atoms with van der Waals surface area (Å²) in [5.74, 6) is 0.712. The van der Waals surface area contributed by atoms with Crippen LogP contribution in [-0.4, -0.2) is 12.4 Å². The lowest BCUT2D eigenvalue weighted by molar-refractivity contribution is 1.10. The van der Waals surface area contributed by atoms with E-state index in [-0.39, 0.29) is 0 Å². The highest BCUT2D eigenvalue weighted by Crippen LogP contribution is 1.98. The molecule has 0 aliphatic rings. The van der Waals surface area contributed by atoms with Crippen molar-refractivity contribution in [3.8, 4) is 0 Å². The summed E-state index contributed by atoms with van der Waals surface area (Å²) in [6, 6.07) is 10.1. The smallest absolute Gasteiger partial charge is 0.0981 e. The topological polar surface area (TPSA) is 38.4 Å². The average Bonchev–Trinajstić information content (AvgIpc) is 2.06. The van der Waals surface area contributed by atoms with E-state index in [4.69, 9.17) is 5.73 Å². The molecule has 1 aromatic rings. The van der Waals surface area contributed by atoms with Crippen LogP contribution in [0.15, 0.2) is 35.3 Å². The fourth-order valence-electron chi connectivity index (χ4n) is 1.06. The lowest BCUT2D eigenvalue weighted by Crippen LogP contribution is -2.15. The highest BCUT2D eigenvalue weighted by Gasteiger charge is 1.93. The Kier molecular flexibility index (Phi) is 3.33. The molecule has 0 radical (unpaired) electrons. The van der Waals surface area contributed by atoms with Crippen LogP contribution in [0.25, 0.3) is 0 Å². The monoisotopic (exact) mass is 162 g/mol. The molecule has 12 heavy (non-hydrogen) atoms. The van der Waals surface area contributed by atoms with E-state index in [2.05, 4.69) is 17.1 Å². The van der Waals surface area contributed by atoms with Crippen molar-refractivity contribution in [2.75, 3.05) is 6.54 Å². The lowest BCUT2D eigenvalue weighted by Gasteiger charge is -1.99. The summed E-state index contributed by atoms with van der Waals surface area (Å²) >= 11 is 0. The number of nitrogens with two attached hydrogens (primary N) is 1. The maximum atomic E-state index is 5.67. The van der Waals surface area contributed by atoms with E-state index in [1.807, 2.05) is 25.1 Å². The number of amidine groups is 1. The summed E-state index contributed by atoms with van der Waals surface area (Å²) < 4.78 is 0. The van der Waals surface area contributed by atoms with E-state index in [1.54, 1.807) is 0 Å². The van der Waals surface area contributed by atoms with Crippen LogP contribution in [0.4, 0.5) is 0 Å². The van der Waals surface area contributed by atoms with Gasteiger partial charge in [-0.05, 0) is 12.5 Å². The molecule has 0 atom stereocenters. The summed E-state index contributed by atoms with van der Waals surface area (Å²) in [6.45, 7) is 2.75. The van der Waals surface area contributed by atoms with Gasteiger partial charge in [-0.25, -0.2) is 0 Å². The quantitative estimate of drug-likeness (QED) is 0.532. The summed E-state index contributed by atoms with van der Waals surface area (Å²) in [6.07, 6.45) is 0.759. The molecule has 0 aromatic heterocycles. The van der Waals surface area contributed by atoms with Crippen LogP contribution in [0.5, 0.6) is 0 Å². The summed E-state index contributed by atoms with van der Waals surface area (Å²) in [5, 5.41) is 0. The first-order valence-electron chi connectivity index (χ1n) is 4.15. The third kappa shape index (κ3) is 2.74. The number of hydrogen-bond donors (Lipinski definition) is 1. The summed E-state index contributed by atoms with van der Waals surface area (Å²) in [4.78, 5) is 4.11. The number of benzene rings is 1. The molecule has 0 saturated carbocycles. The van der Waals surface area contributed by atoms with Crippen LogP contribution in [0, 0.1) is 0 Å². The third-order valence-corrected chi connectivity index (χ3v) is 1.59. The van der Waals surface area contributed by atoms with Crippen molar-refractivity contribution >= 4 is 5.84 Å². The van der Waals surface area contributed by atoms with E-state index >= 15 is 0 Å². The molecule has 0 aliphatic heterocycles. The van der Waals surface area contributed by atoms with Crippen LogP contribution in [0.3, 0.4) is 0 Å². The van der Waals surface area contributed by atoms with Crippen molar-refractivity contribution in [2.45, 2.75) is 13.3 Å². The lowest BCUT2D eigenvalue weighted by atomic mass is 10.1. The fraction of sp³-hybridized carbons (Fsp3) is 0.300. The normalized spacial score (nSPS) is 11.6. The van der Waals surface area contributed by atoms with Crippen molar-refractivity contribution in [1.82, 2.24) is 0 Å². The molecule has 0 unspecified atom stereocenters. The SMILES string of the molecule is CCN=C(N)Cc1ccccc1. The minimum atomic E-state index is 0.712. The second-order valence-corrected chi connectivity index (χ2v) is 2.63. The number of rotatable bonds is 3. The van der Waals surface area contributed by atoms with E-state index < -0.39 is 0 Å². The molecule has 0 saturated heterocycles. The summed E-state index contributed by atoms with van der Waals surface area (Å²) in [5.41, 5.74) is 6.88. The molecule has 2 heteroatoms. The van der Waals surface area contributed by atoms with Crippen LogP contribution < -0.4 is 5.73 Å². The second kappa shape index (κ2) is 4.54.